The molecule has 0 saturated carbocycles. The summed E-state index contributed by atoms with van der Waals surface area (Å²) in [6, 6.07) is 21.4. The highest BCUT2D eigenvalue weighted by Gasteiger charge is 2.34. The minimum atomic E-state index is -4.02. The molecule has 5 nitrogen and oxygen atoms in total. The van der Waals surface area contributed by atoms with E-state index in [1.807, 2.05) is 61.5 Å². The third-order valence-corrected chi connectivity index (χ3v) is 7.25. The first-order valence-corrected chi connectivity index (χ1v) is 11.5. The Kier molecular flexibility index (Phi) is 5.89. The molecule has 31 heavy (non-hydrogen) atoms. The molecule has 0 aliphatic carbocycles. The number of halogens is 1. The van der Waals surface area contributed by atoms with Crippen molar-refractivity contribution in [3.05, 3.63) is 95.8 Å². The molecule has 160 valence electrons. The van der Waals surface area contributed by atoms with Gasteiger partial charge in [-0.1, -0.05) is 48.5 Å². The van der Waals surface area contributed by atoms with Crippen LogP contribution in [-0.4, -0.2) is 31.2 Å². The van der Waals surface area contributed by atoms with Crippen molar-refractivity contribution in [1.82, 2.24) is 4.31 Å². The van der Waals surface area contributed by atoms with E-state index in [1.54, 1.807) is 4.90 Å². The van der Waals surface area contributed by atoms with E-state index in [9.17, 15) is 17.6 Å². The lowest BCUT2D eigenvalue weighted by atomic mass is 10.1. The number of para-hydroxylation sites is 1. The third-order valence-electron chi connectivity index (χ3n) is 5.44. The molecule has 1 aliphatic rings. The van der Waals surface area contributed by atoms with Gasteiger partial charge < -0.3 is 4.90 Å². The molecule has 0 saturated heterocycles. The highest BCUT2D eigenvalue weighted by Crippen LogP contribution is 2.32. The average Bonchev–Trinajstić information content (AvgIpc) is 3.10. The molecule has 0 radical (unpaired) electrons. The van der Waals surface area contributed by atoms with Crippen LogP contribution >= 0.6 is 0 Å². The van der Waals surface area contributed by atoms with Gasteiger partial charge in [-0.05, 0) is 54.8 Å². The van der Waals surface area contributed by atoms with Gasteiger partial charge in [-0.2, -0.15) is 4.31 Å². The molecule has 0 bridgehead atoms. The Morgan fingerprint density at radius 3 is 2.35 bits per heavy atom. The second-order valence-corrected chi connectivity index (χ2v) is 9.60. The zero-order valence-corrected chi connectivity index (χ0v) is 17.9. The number of hydrogen-bond donors (Lipinski definition) is 0. The summed E-state index contributed by atoms with van der Waals surface area (Å²) < 4.78 is 41.2. The molecule has 0 N–H and O–H groups in total. The van der Waals surface area contributed by atoms with Crippen molar-refractivity contribution in [2.75, 3.05) is 11.4 Å². The van der Waals surface area contributed by atoms with Crippen LogP contribution in [0.3, 0.4) is 0 Å². The first kappa shape index (κ1) is 21.2. The smallest absolute Gasteiger partial charge is 0.243 e. The Hall–Kier alpha value is -3.03. The summed E-state index contributed by atoms with van der Waals surface area (Å²) in [6.07, 6.45) is 0.727. The largest absolute Gasteiger partial charge is 0.308 e. The van der Waals surface area contributed by atoms with Crippen LogP contribution in [0.2, 0.25) is 0 Å². The molecule has 1 atom stereocenters. The van der Waals surface area contributed by atoms with Crippen molar-refractivity contribution in [2.24, 2.45) is 0 Å². The quantitative estimate of drug-likeness (QED) is 0.585. The van der Waals surface area contributed by atoms with E-state index in [0.29, 0.717) is 0 Å². The average molecular weight is 439 g/mol. The molecule has 3 aromatic carbocycles. The van der Waals surface area contributed by atoms with Gasteiger partial charge in [0, 0.05) is 18.3 Å². The number of carbonyl (C=O) groups is 1. The Morgan fingerprint density at radius 2 is 1.65 bits per heavy atom. The summed E-state index contributed by atoms with van der Waals surface area (Å²) in [5.74, 6) is -0.814. The second-order valence-electron chi connectivity index (χ2n) is 7.66. The summed E-state index contributed by atoms with van der Waals surface area (Å²) in [5, 5.41) is 0. The van der Waals surface area contributed by atoms with Crippen LogP contribution in [0.5, 0.6) is 0 Å². The Bertz CT molecular complexity index is 1180. The summed E-state index contributed by atoms with van der Waals surface area (Å²) in [5.41, 5.74) is 2.65. The van der Waals surface area contributed by atoms with Crippen LogP contribution < -0.4 is 4.90 Å². The van der Waals surface area contributed by atoms with Crippen LogP contribution in [-0.2, 0) is 27.8 Å². The fourth-order valence-corrected chi connectivity index (χ4v) is 5.32. The molecule has 1 aliphatic heterocycles. The van der Waals surface area contributed by atoms with E-state index >= 15 is 0 Å². The SMILES string of the molecule is C[C@@H]1Cc2ccccc2N1C(=O)CN(Cc1ccccc1)S(=O)(=O)c1ccc(F)cc1. The number of fused-ring (bicyclic) bond motifs is 1. The second kappa shape index (κ2) is 8.61. The first-order chi connectivity index (χ1) is 14.9. The highest BCUT2D eigenvalue weighted by molar-refractivity contribution is 7.89. The molecule has 0 unspecified atom stereocenters. The van der Waals surface area contributed by atoms with E-state index < -0.39 is 15.8 Å². The molecule has 1 amide bonds. The van der Waals surface area contributed by atoms with Crippen molar-refractivity contribution in [3.8, 4) is 0 Å². The fraction of sp³-hybridized carbons (Fsp3) is 0.208. The number of amides is 1. The van der Waals surface area contributed by atoms with E-state index in [1.165, 1.54) is 12.1 Å². The molecule has 1 heterocycles. The van der Waals surface area contributed by atoms with Crippen molar-refractivity contribution < 1.29 is 17.6 Å². The van der Waals surface area contributed by atoms with Crippen molar-refractivity contribution >= 4 is 21.6 Å². The molecule has 0 aromatic heterocycles. The minimum absolute atomic E-state index is 0.0379. The number of sulfonamides is 1. The van der Waals surface area contributed by atoms with Gasteiger partial charge in [0.25, 0.3) is 0 Å². The van der Waals surface area contributed by atoms with Crippen LogP contribution in [0.15, 0.2) is 83.8 Å². The van der Waals surface area contributed by atoms with Gasteiger partial charge >= 0.3 is 0 Å². The number of carbonyl (C=O) groups excluding carboxylic acids is 1. The Balaban J connectivity index is 1.66. The number of hydrogen-bond acceptors (Lipinski definition) is 3. The molecule has 7 heteroatoms. The van der Waals surface area contributed by atoms with Gasteiger partial charge in [-0.15, -0.1) is 0 Å². The maximum atomic E-state index is 13.4. The zero-order chi connectivity index (χ0) is 22.0. The number of benzene rings is 3. The summed E-state index contributed by atoms with van der Waals surface area (Å²) in [7, 11) is -4.02. The van der Waals surface area contributed by atoms with Crippen molar-refractivity contribution in [2.45, 2.75) is 30.8 Å². The van der Waals surface area contributed by atoms with Gasteiger partial charge in [0.05, 0.1) is 11.4 Å². The lowest BCUT2D eigenvalue weighted by Crippen LogP contribution is -2.44. The molecule has 0 fully saturated rings. The molecule has 3 aromatic rings. The predicted octanol–water partition coefficient (Wildman–Crippen LogP) is 3.99. The van der Waals surface area contributed by atoms with Crippen molar-refractivity contribution in [1.29, 1.82) is 0 Å². The van der Waals surface area contributed by atoms with Crippen LogP contribution in [0, 0.1) is 5.82 Å². The molecular weight excluding hydrogens is 415 g/mol. The number of nitrogens with zero attached hydrogens (tertiary/aromatic N) is 2. The standard InChI is InChI=1S/C24H23FN2O3S/c1-18-15-20-9-5-6-10-23(20)27(18)24(28)17-26(16-19-7-3-2-4-8-19)31(29,30)22-13-11-21(25)12-14-22/h2-14,18H,15-17H2,1H3/t18-/m1/s1. The van der Waals surface area contributed by atoms with Crippen LogP contribution in [0.25, 0.3) is 0 Å². The number of anilines is 1. The van der Waals surface area contributed by atoms with Gasteiger partial charge in [0.1, 0.15) is 5.82 Å². The lowest BCUT2D eigenvalue weighted by molar-refractivity contribution is -0.119. The molecular formula is C24H23FN2O3S. The normalized spacial score (nSPS) is 15.8. The summed E-state index contributed by atoms with van der Waals surface area (Å²) in [4.78, 5) is 14.9. The zero-order valence-electron chi connectivity index (χ0n) is 17.1. The molecule has 4 rings (SSSR count). The topological polar surface area (TPSA) is 57.7 Å². The summed E-state index contributed by atoms with van der Waals surface area (Å²) in [6.45, 7) is 1.68. The highest BCUT2D eigenvalue weighted by atomic mass is 32.2. The van der Waals surface area contributed by atoms with Crippen molar-refractivity contribution in [3.63, 3.8) is 0 Å². The molecule has 0 spiro atoms. The first-order valence-electron chi connectivity index (χ1n) is 10.1. The van der Waals surface area contributed by atoms with E-state index in [4.69, 9.17) is 0 Å². The van der Waals surface area contributed by atoms with Gasteiger partial charge in [0.15, 0.2) is 0 Å². The lowest BCUT2D eigenvalue weighted by Gasteiger charge is -2.27. The maximum absolute atomic E-state index is 13.4. The van der Waals surface area contributed by atoms with E-state index in [0.717, 1.165) is 39.7 Å². The Labute approximate surface area is 181 Å². The number of rotatable bonds is 6. The summed E-state index contributed by atoms with van der Waals surface area (Å²) >= 11 is 0. The van der Waals surface area contributed by atoms with E-state index in [-0.39, 0.29) is 29.9 Å². The van der Waals surface area contributed by atoms with Crippen LogP contribution in [0.1, 0.15) is 18.1 Å². The van der Waals surface area contributed by atoms with Crippen LogP contribution in [0.4, 0.5) is 10.1 Å². The fourth-order valence-electron chi connectivity index (χ4n) is 3.94. The minimum Gasteiger partial charge on any atom is -0.308 e. The van der Waals surface area contributed by atoms with Gasteiger partial charge in [-0.25, -0.2) is 12.8 Å². The predicted molar refractivity (Wildman–Crippen MR) is 118 cm³/mol. The third kappa shape index (κ3) is 4.38. The van der Waals surface area contributed by atoms with E-state index in [2.05, 4.69) is 0 Å². The maximum Gasteiger partial charge on any atom is 0.243 e. The monoisotopic (exact) mass is 438 g/mol. The van der Waals surface area contributed by atoms with Gasteiger partial charge in [0.2, 0.25) is 15.9 Å². The Morgan fingerprint density at radius 1 is 1.00 bits per heavy atom. The van der Waals surface area contributed by atoms with Gasteiger partial charge in [-0.3, -0.25) is 4.79 Å².